The van der Waals surface area contributed by atoms with Crippen LogP contribution in [0.5, 0.6) is 0 Å². The topological polar surface area (TPSA) is 37.3 Å². The second-order valence-corrected chi connectivity index (χ2v) is 6.59. The van der Waals surface area contributed by atoms with Crippen molar-refractivity contribution in [1.82, 2.24) is 4.98 Å². The number of nitrogens with one attached hydrogen (secondary N) is 1. The summed E-state index contributed by atoms with van der Waals surface area (Å²) in [4.78, 5) is 4.61. The van der Waals surface area contributed by atoms with Crippen molar-refractivity contribution in [3.05, 3.63) is 69.8 Å². The van der Waals surface area contributed by atoms with Gasteiger partial charge in [-0.15, -0.1) is 11.3 Å². The van der Waals surface area contributed by atoms with Crippen molar-refractivity contribution in [3.63, 3.8) is 0 Å². The van der Waals surface area contributed by atoms with E-state index in [1.54, 1.807) is 18.3 Å². The molecule has 0 spiro atoms. The predicted octanol–water partition coefficient (Wildman–Crippen LogP) is 5.32. The first-order valence-corrected chi connectivity index (χ1v) is 8.49. The number of hydrazone groups is 1. The molecule has 24 heavy (non-hydrogen) atoms. The predicted molar refractivity (Wildman–Crippen MR) is 99.4 cm³/mol. The minimum atomic E-state index is -0.256. The molecule has 0 radical (unpaired) electrons. The van der Waals surface area contributed by atoms with Crippen molar-refractivity contribution in [3.8, 4) is 11.3 Å². The summed E-state index contributed by atoms with van der Waals surface area (Å²) in [7, 11) is 0. The standard InChI is InChI=1S/C19H18FN3S/c1-12-8-13(2)18(14(3)9-12)17-11-24-19(22-17)23-21-10-15-4-6-16(20)7-5-15/h4-11H,1-3H3,(H,22,23)/b21-10-. The number of aryl methyl sites for hydroxylation is 3. The third-order valence-corrected chi connectivity index (χ3v) is 4.43. The molecule has 0 aliphatic heterocycles. The highest BCUT2D eigenvalue weighted by Crippen LogP contribution is 2.30. The third kappa shape index (κ3) is 3.68. The number of halogens is 1. The highest BCUT2D eigenvalue weighted by atomic mass is 32.1. The zero-order chi connectivity index (χ0) is 17.1. The summed E-state index contributed by atoms with van der Waals surface area (Å²) in [6.45, 7) is 6.31. The van der Waals surface area contributed by atoms with E-state index in [2.05, 4.69) is 48.4 Å². The minimum absolute atomic E-state index is 0.256. The lowest BCUT2D eigenvalue weighted by Crippen LogP contribution is -1.92. The van der Waals surface area contributed by atoms with Gasteiger partial charge in [0.15, 0.2) is 0 Å². The van der Waals surface area contributed by atoms with E-state index in [9.17, 15) is 4.39 Å². The second kappa shape index (κ2) is 6.93. The molecule has 1 N–H and O–H groups in total. The molecule has 0 amide bonds. The number of benzene rings is 2. The molecule has 0 bridgehead atoms. The van der Waals surface area contributed by atoms with Gasteiger partial charge in [-0.1, -0.05) is 29.8 Å². The Bertz CT molecular complexity index is 859. The SMILES string of the molecule is Cc1cc(C)c(-c2csc(N/N=C\c3ccc(F)cc3)n2)c(C)c1. The molecule has 0 saturated carbocycles. The molecule has 3 nitrogen and oxygen atoms in total. The Hall–Kier alpha value is -2.53. The second-order valence-electron chi connectivity index (χ2n) is 5.73. The van der Waals surface area contributed by atoms with Crippen LogP contribution in [0.15, 0.2) is 46.9 Å². The van der Waals surface area contributed by atoms with Gasteiger partial charge < -0.3 is 0 Å². The summed E-state index contributed by atoms with van der Waals surface area (Å²) >= 11 is 1.51. The van der Waals surface area contributed by atoms with Crippen LogP contribution < -0.4 is 5.43 Å². The Kier molecular flexibility index (Phi) is 4.71. The number of rotatable bonds is 4. The van der Waals surface area contributed by atoms with Gasteiger partial charge in [-0.25, -0.2) is 9.37 Å². The van der Waals surface area contributed by atoms with Crippen molar-refractivity contribution in [2.45, 2.75) is 20.8 Å². The van der Waals surface area contributed by atoms with Crippen molar-refractivity contribution in [2.24, 2.45) is 5.10 Å². The van der Waals surface area contributed by atoms with Crippen molar-refractivity contribution in [1.29, 1.82) is 0 Å². The Balaban J connectivity index is 1.75. The smallest absolute Gasteiger partial charge is 0.203 e. The number of thiazole rings is 1. The van der Waals surface area contributed by atoms with Gasteiger partial charge in [0.25, 0.3) is 0 Å². The largest absolute Gasteiger partial charge is 0.253 e. The van der Waals surface area contributed by atoms with Crippen LogP contribution in [0, 0.1) is 26.6 Å². The van der Waals surface area contributed by atoms with Crippen molar-refractivity contribution >= 4 is 22.7 Å². The van der Waals surface area contributed by atoms with Gasteiger partial charge in [0.1, 0.15) is 5.82 Å². The third-order valence-electron chi connectivity index (χ3n) is 3.68. The molecule has 0 aliphatic rings. The van der Waals surface area contributed by atoms with E-state index in [1.807, 2.05) is 5.38 Å². The first kappa shape index (κ1) is 16.3. The van der Waals surface area contributed by atoms with Gasteiger partial charge in [0, 0.05) is 10.9 Å². The lowest BCUT2D eigenvalue weighted by Gasteiger charge is -2.08. The molecule has 5 heteroatoms. The van der Waals surface area contributed by atoms with E-state index < -0.39 is 0 Å². The Morgan fingerprint density at radius 1 is 1.08 bits per heavy atom. The van der Waals surface area contributed by atoms with Crippen LogP contribution in [0.1, 0.15) is 22.3 Å². The molecule has 122 valence electrons. The van der Waals surface area contributed by atoms with Crippen LogP contribution >= 0.6 is 11.3 Å². The van der Waals surface area contributed by atoms with Crippen LogP contribution in [-0.4, -0.2) is 11.2 Å². The fourth-order valence-electron chi connectivity index (χ4n) is 2.73. The first-order valence-electron chi connectivity index (χ1n) is 7.61. The van der Waals surface area contributed by atoms with E-state index in [-0.39, 0.29) is 5.82 Å². The highest BCUT2D eigenvalue weighted by molar-refractivity contribution is 7.14. The van der Waals surface area contributed by atoms with E-state index in [1.165, 1.54) is 45.7 Å². The Morgan fingerprint density at radius 2 is 1.75 bits per heavy atom. The van der Waals surface area contributed by atoms with Gasteiger partial charge in [-0.3, -0.25) is 5.43 Å². The summed E-state index contributed by atoms with van der Waals surface area (Å²) in [6.07, 6.45) is 1.64. The molecule has 1 heterocycles. The highest BCUT2D eigenvalue weighted by Gasteiger charge is 2.10. The summed E-state index contributed by atoms with van der Waals surface area (Å²) in [5.74, 6) is -0.256. The first-order chi connectivity index (χ1) is 11.5. The number of anilines is 1. The van der Waals surface area contributed by atoms with Crippen LogP contribution in [0.4, 0.5) is 9.52 Å². The van der Waals surface area contributed by atoms with E-state index in [0.29, 0.717) is 0 Å². The molecule has 3 aromatic rings. The summed E-state index contributed by atoms with van der Waals surface area (Å²) < 4.78 is 12.9. The maximum atomic E-state index is 12.9. The Labute approximate surface area is 144 Å². The molecular weight excluding hydrogens is 321 g/mol. The number of aromatic nitrogens is 1. The van der Waals surface area contributed by atoms with Crippen LogP contribution in [0.2, 0.25) is 0 Å². The van der Waals surface area contributed by atoms with Gasteiger partial charge in [-0.2, -0.15) is 5.10 Å². The van der Waals surface area contributed by atoms with Gasteiger partial charge >= 0.3 is 0 Å². The monoisotopic (exact) mass is 339 g/mol. The maximum Gasteiger partial charge on any atom is 0.203 e. The molecule has 3 rings (SSSR count). The lowest BCUT2D eigenvalue weighted by molar-refractivity contribution is 0.628. The summed E-state index contributed by atoms with van der Waals surface area (Å²) in [6, 6.07) is 10.5. The lowest BCUT2D eigenvalue weighted by atomic mass is 9.98. The molecule has 0 saturated heterocycles. The maximum absolute atomic E-state index is 12.9. The average Bonchev–Trinajstić information content (AvgIpc) is 2.97. The fraction of sp³-hybridized carbons (Fsp3) is 0.158. The van der Waals surface area contributed by atoms with E-state index in [0.717, 1.165) is 16.4 Å². The zero-order valence-corrected chi connectivity index (χ0v) is 14.6. The van der Waals surface area contributed by atoms with Gasteiger partial charge in [-0.05, 0) is 49.6 Å². The molecule has 2 aromatic carbocycles. The molecule has 0 fully saturated rings. The van der Waals surface area contributed by atoms with E-state index >= 15 is 0 Å². The quantitative estimate of drug-likeness (QED) is 0.516. The molecular formula is C19H18FN3S. The van der Waals surface area contributed by atoms with Gasteiger partial charge in [0.05, 0.1) is 11.9 Å². The molecule has 0 aliphatic carbocycles. The fourth-order valence-corrected chi connectivity index (χ4v) is 3.39. The van der Waals surface area contributed by atoms with Crippen molar-refractivity contribution < 1.29 is 4.39 Å². The van der Waals surface area contributed by atoms with E-state index in [4.69, 9.17) is 0 Å². The zero-order valence-electron chi connectivity index (χ0n) is 13.8. The molecule has 0 atom stereocenters. The van der Waals surface area contributed by atoms with Crippen LogP contribution in [-0.2, 0) is 0 Å². The van der Waals surface area contributed by atoms with Crippen LogP contribution in [0.25, 0.3) is 11.3 Å². The summed E-state index contributed by atoms with van der Waals surface area (Å²) in [5.41, 5.74) is 9.58. The van der Waals surface area contributed by atoms with Gasteiger partial charge in [0.2, 0.25) is 5.13 Å². The number of hydrogen-bond acceptors (Lipinski definition) is 4. The minimum Gasteiger partial charge on any atom is -0.253 e. The normalized spacial score (nSPS) is 11.2. The van der Waals surface area contributed by atoms with Crippen LogP contribution in [0.3, 0.4) is 0 Å². The number of nitrogens with zero attached hydrogens (tertiary/aromatic N) is 2. The molecule has 0 unspecified atom stereocenters. The van der Waals surface area contributed by atoms with Crippen molar-refractivity contribution in [2.75, 3.05) is 5.43 Å². The number of hydrogen-bond donors (Lipinski definition) is 1. The Morgan fingerprint density at radius 3 is 2.42 bits per heavy atom. The summed E-state index contributed by atoms with van der Waals surface area (Å²) in [5, 5.41) is 6.91. The average molecular weight is 339 g/mol. The molecule has 1 aromatic heterocycles.